The minimum Gasteiger partial charge on any atom is -0.322 e. The fourth-order valence-corrected chi connectivity index (χ4v) is 2.47. The third-order valence-corrected chi connectivity index (χ3v) is 3.67. The van der Waals surface area contributed by atoms with Crippen molar-refractivity contribution in [3.63, 3.8) is 0 Å². The SMILES string of the molecule is O=c1[nH]c2ccccc2cc1CNCCc1ccccc1F. The Kier molecular flexibility index (Phi) is 4.30. The number of pyridine rings is 1. The lowest BCUT2D eigenvalue weighted by molar-refractivity contribution is 0.597. The van der Waals surface area contributed by atoms with Gasteiger partial charge in [-0.15, -0.1) is 0 Å². The molecule has 3 aromatic rings. The Morgan fingerprint density at radius 2 is 1.77 bits per heavy atom. The van der Waals surface area contributed by atoms with Gasteiger partial charge in [-0.05, 0) is 42.1 Å². The Bertz CT molecular complexity index is 842. The summed E-state index contributed by atoms with van der Waals surface area (Å²) >= 11 is 0. The molecule has 0 aliphatic carbocycles. The number of para-hydroxylation sites is 1. The molecule has 2 aromatic carbocycles. The lowest BCUT2D eigenvalue weighted by Crippen LogP contribution is -2.23. The highest BCUT2D eigenvalue weighted by molar-refractivity contribution is 5.78. The van der Waals surface area contributed by atoms with Gasteiger partial charge in [-0.1, -0.05) is 36.4 Å². The molecule has 0 fully saturated rings. The Hall–Kier alpha value is -2.46. The summed E-state index contributed by atoms with van der Waals surface area (Å²) in [5.74, 6) is -0.187. The van der Waals surface area contributed by atoms with Gasteiger partial charge in [-0.2, -0.15) is 0 Å². The van der Waals surface area contributed by atoms with Gasteiger partial charge in [0.15, 0.2) is 0 Å². The number of rotatable bonds is 5. The lowest BCUT2D eigenvalue weighted by atomic mass is 10.1. The third-order valence-electron chi connectivity index (χ3n) is 3.67. The first-order valence-corrected chi connectivity index (χ1v) is 7.29. The predicted molar refractivity (Wildman–Crippen MR) is 86.4 cm³/mol. The smallest absolute Gasteiger partial charge is 0.252 e. The minimum absolute atomic E-state index is 0.0860. The van der Waals surface area contributed by atoms with Gasteiger partial charge in [0.25, 0.3) is 5.56 Å². The maximum Gasteiger partial charge on any atom is 0.252 e. The summed E-state index contributed by atoms with van der Waals surface area (Å²) in [6.45, 7) is 1.09. The van der Waals surface area contributed by atoms with Crippen molar-refractivity contribution in [2.45, 2.75) is 13.0 Å². The fourth-order valence-electron chi connectivity index (χ4n) is 2.47. The molecule has 0 aliphatic rings. The maximum absolute atomic E-state index is 13.5. The van der Waals surface area contributed by atoms with Gasteiger partial charge in [0.05, 0.1) is 0 Å². The molecule has 0 amide bonds. The maximum atomic E-state index is 13.5. The molecular weight excluding hydrogens is 279 g/mol. The monoisotopic (exact) mass is 296 g/mol. The van der Waals surface area contributed by atoms with E-state index in [9.17, 15) is 9.18 Å². The fraction of sp³-hybridized carbons (Fsp3) is 0.167. The van der Waals surface area contributed by atoms with E-state index in [1.54, 1.807) is 12.1 Å². The van der Waals surface area contributed by atoms with Gasteiger partial charge in [-0.25, -0.2) is 4.39 Å². The second-order valence-electron chi connectivity index (χ2n) is 5.23. The number of fused-ring (bicyclic) bond motifs is 1. The Morgan fingerprint density at radius 3 is 2.64 bits per heavy atom. The van der Waals surface area contributed by atoms with Crippen molar-refractivity contribution in [2.24, 2.45) is 0 Å². The molecule has 1 heterocycles. The molecule has 1 aromatic heterocycles. The molecule has 3 rings (SSSR count). The molecule has 22 heavy (non-hydrogen) atoms. The molecule has 2 N–H and O–H groups in total. The van der Waals surface area contributed by atoms with Crippen LogP contribution in [0.3, 0.4) is 0 Å². The van der Waals surface area contributed by atoms with Crippen LogP contribution in [0.1, 0.15) is 11.1 Å². The summed E-state index contributed by atoms with van der Waals surface area (Å²) in [5.41, 5.74) is 2.12. The first kappa shape index (κ1) is 14.5. The summed E-state index contributed by atoms with van der Waals surface area (Å²) in [6.07, 6.45) is 0.595. The molecule has 4 heteroatoms. The van der Waals surface area contributed by atoms with Crippen LogP contribution in [0, 0.1) is 5.82 Å². The van der Waals surface area contributed by atoms with Crippen molar-refractivity contribution < 1.29 is 4.39 Å². The molecule has 112 valence electrons. The molecule has 0 atom stereocenters. The summed E-state index contributed by atoms with van der Waals surface area (Å²) in [6, 6.07) is 16.3. The van der Waals surface area contributed by atoms with Crippen LogP contribution in [0.4, 0.5) is 4.39 Å². The molecule has 0 spiro atoms. The first-order valence-electron chi connectivity index (χ1n) is 7.29. The Balaban J connectivity index is 1.63. The number of nitrogens with one attached hydrogen (secondary N) is 2. The van der Waals surface area contributed by atoms with Gasteiger partial charge in [0, 0.05) is 17.6 Å². The molecule has 0 aliphatic heterocycles. The van der Waals surface area contributed by atoms with Crippen molar-refractivity contribution >= 4 is 10.9 Å². The van der Waals surface area contributed by atoms with Gasteiger partial charge >= 0.3 is 0 Å². The number of hydrogen-bond donors (Lipinski definition) is 2. The Morgan fingerprint density at radius 1 is 1.00 bits per heavy atom. The Labute approximate surface area is 127 Å². The van der Waals surface area contributed by atoms with E-state index in [0.29, 0.717) is 30.6 Å². The molecular formula is C18H17FN2O. The molecule has 0 saturated heterocycles. The highest BCUT2D eigenvalue weighted by Crippen LogP contribution is 2.10. The molecule has 0 saturated carbocycles. The largest absolute Gasteiger partial charge is 0.322 e. The summed E-state index contributed by atoms with van der Waals surface area (Å²) in [4.78, 5) is 14.9. The number of halogens is 1. The van der Waals surface area contributed by atoms with Crippen LogP contribution >= 0.6 is 0 Å². The molecule has 0 unspecified atom stereocenters. The summed E-state index contributed by atoms with van der Waals surface area (Å²) in [7, 11) is 0. The average Bonchev–Trinajstić information content (AvgIpc) is 2.53. The zero-order chi connectivity index (χ0) is 15.4. The van der Waals surface area contributed by atoms with E-state index >= 15 is 0 Å². The standard InChI is InChI=1S/C18H17FN2O/c19-16-7-3-1-5-13(16)9-10-20-12-15-11-14-6-2-4-8-17(14)21-18(15)22/h1-8,11,20H,9-10,12H2,(H,21,22). The van der Waals surface area contributed by atoms with Crippen LogP contribution in [0.25, 0.3) is 10.9 Å². The molecule has 3 nitrogen and oxygen atoms in total. The number of aromatic amines is 1. The minimum atomic E-state index is -0.187. The van der Waals surface area contributed by atoms with Crippen molar-refractivity contribution in [3.05, 3.63) is 81.9 Å². The van der Waals surface area contributed by atoms with Gasteiger partial charge in [0.1, 0.15) is 5.82 Å². The van der Waals surface area contributed by atoms with Crippen LogP contribution < -0.4 is 10.9 Å². The topological polar surface area (TPSA) is 44.9 Å². The van der Waals surface area contributed by atoms with E-state index in [2.05, 4.69) is 10.3 Å². The van der Waals surface area contributed by atoms with E-state index in [0.717, 1.165) is 10.9 Å². The van der Waals surface area contributed by atoms with Gasteiger partial charge in [0.2, 0.25) is 0 Å². The zero-order valence-electron chi connectivity index (χ0n) is 12.1. The second kappa shape index (κ2) is 6.54. The third kappa shape index (κ3) is 3.23. The number of H-pyrrole nitrogens is 1. The van der Waals surface area contributed by atoms with Crippen LogP contribution in [-0.4, -0.2) is 11.5 Å². The number of hydrogen-bond acceptors (Lipinski definition) is 2. The van der Waals surface area contributed by atoms with Crippen molar-refractivity contribution in [1.82, 2.24) is 10.3 Å². The predicted octanol–water partition coefficient (Wildman–Crippen LogP) is 3.00. The van der Waals surface area contributed by atoms with Crippen LogP contribution in [0.15, 0.2) is 59.4 Å². The average molecular weight is 296 g/mol. The lowest BCUT2D eigenvalue weighted by Gasteiger charge is -2.06. The van der Waals surface area contributed by atoms with Gasteiger partial charge in [-0.3, -0.25) is 4.79 Å². The quantitative estimate of drug-likeness (QED) is 0.711. The number of benzene rings is 2. The van der Waals surface area contributed by atoms with E-state index in [4.69, 9.17) is 0 Å². The van der Waals surface area contributed by atoms with Crippen LogP contribution in [0.5, 0.6) is 0 Å². The van der Waals surface area contributed by atoms with Crippen molar-refractivity contribution in [2.75, 3.05) is 6.54 Å². The highest BCUT2D eigenvalue weighted by atomic mass is 19.1. The van der Waals surface area contributed by atoms with E-state index in [1.807, 2.05) is 36.4 Å². The van der Waals surface area contributed by atoms with Crippen LogP contribution in [0.2, 0.25) is 0 Å². The summed E-state index contributed by atoms with van der Waals surface area (Å²) < 4.78 is 13.5. The van der Waals surface area contributed by atoms with Gasteiger partial charge < -0.3 is 10.3 Å². The molecule has 0 bridgehead atoms. The van der Waals surface area contributed by atoms with E-state index in [-0.39, 0.29) is 11.4 Å². The van der Waals surface area contributed by atoms with Crippen LogP contribution in [-0.2, 0) is 13.0 Å². The van der Waals surface area contributed by atoms with Crippen molar-refractivity contribution in [1.29, 1.82) is 0 Å². The normalized spacial score (nSPS) is 11.0. The second-order valence-corrected chi connectivity index (χ2v) is 5.23. The van der Waals surface area contributed by atoms with Crippen molar-refractivity contribution in [3.8, 4) is 0 Å². The zero-order valence-corrected chi connectivity index (χ0v) is 12.1. The highest BCUT2D eigenvalue weighted by Gasteiger charge is 2.03. The molecule has 0 radical (unpaired) electrons. The van der Waals surface area contributed by atoms with E-state index in [1.165, 1.54) is 6.07 Å². The summed E-state index contributed by atoms with van der Waals surface area (Å²) in [5, 5.41) is 4.20. The number of aromatic nitrogens is 1. The van der Waals surface area contributed by atoms with E-state index < -0.39 is 0 Å². The first-order chi connectivity index (χ1) is 10.7.